The number of allylic oxidation sites excluding steroid dienone is 1. The van der Waals surface area contributed by atoms with Gasteiger partial charge in [-0.25, -0.2) is 4.68 Å². The first-order valence-electron chi connectivity index (χ1n) is 5.67. The minimum absolute atomic E-state index is 0.124. The summed E-state index contributed by atoms with van der Waals surface area (Å²) in [6, 6.07) is 1.60. The fraction of sp³-hybridized carbons (Fsp3) is 0.500. The molecule has 0 aliphatic rings. The van der Waals surface area contributed by atoms with E-state index in [1.807, 2.05) is 13.8 Å². The second-order valence-electron chi connectivity index (χ2n) is 3.77. The van der Waals surface area contributed by atoms with Gasteiger partial charge in [0.1, 0.15) is 0 Å². The van der Waals surface area contributed by atoms with E-state index in [-0.39, 0.29) is 5.56 Å². The van der Waals surface area contributed by atoms with Gasteiger partial charge in [0.25, 0.3) is 5.56 Å². The summed E-state index contributed by atoms with van der Waals surface area (Å²) in [7, 11) is 0. The molecule has 1 aromatic heterocycles. The normalized spacial score (nSPS) is 10.3. The van der Waals surface area contributed by atoms with E-state index in [4.69, 9.17) is 11.6 Å². The second-order valence-corrected chi connectivity index (χ2v) is 4.03. The van der Waals surface area contributed by atoms with Crippen LogP contribution in [0.15, 0.2) is 29.2 Å². The van der Waals surface area contributed by atoms with Crippen molar-refractivity contribution in [3.05, 3.63) is 34.8 Å². The Morgan fingerprint density at radius 3 is 2.65 bits per heavy atom. The van der Waals surface area contributed by atoms with Crippen LogP contribution in [0.1, 0.15) is 13.8 Å². The van der Waals surface area contributed by atoms with Gasteiger partial charge < -0.3 is 4.90 Å². The van der Waals surface area contributed by atoms with Gasteiger partial charge in [0.15, 0.2) is 0 Å². The maximum Gasteiger partial charge on any atom is 0.269 e. The lowest BCUT2D eigenvalue weighted by atomic mass is 10.3. The molecule has 0 aliphatic carbocycles. The Labute approximate surface area is 107 Å². The van der Waals surface area contributed by atoms with Gasteiger partial charge >= 0.3 is 0 Å². The van der Waals surface area contributed by atoms with Crippen LogP contribution in [0.5, 0.6) is 0 Å². The Morgan fingerprint density at radius 2 is 2.18 bits per heavy atom. The van der Waals surface area contributed by atoms with E-state index in [1.54, 1.807) is 12.3 Å². The molecule has 0 atom stereocenters. The van der Waals surface area contributed by atoms with Crippen molar-refractivity contribution in [1.29, 1.82) is 0 Å². The van der Waals surface area contributed by atoms with Crippen LogP contribution in [0.4, 0.5) is 5.69 Å². The van der Waals surface area contributed by atoms with Crippen LogP contribution in [0.2, 0.25) is 0 Å². The molecule has 5 heteroatoms. The third-order valence-corrected chi connectivity index (χ3v) is 2.92. The van der Waals surface area contributed by atoms with E-state index < -0.39 is 0 Å². The number of aromatic nitrogens is 2. The minimum atomic E-state index is -0.124. The molecule has 0 spiro atoms. The van der Waals surface area contributed by atoms with Gasteiger partial charge in [-0.3, -0.25) is 4.79 Å². The predicted molar refractivity (Wildman–Crippen MR) is 71.9 cm³/mol. The van der Waals surface area contributed by atoms with Gasteiger partial charge in [0, 0.05) is 25.0 Å². The summed E-state index contributed by atoms with van der Waals surface area (Å²) in [6.07, 6.45) is 1.70. The van der Waals surface area contributed by atoms with Crippen molar-refractivity contribution in [3.63, 3.8) is 0 Å². The van der Waals surface area contributed by atoms with Crippen LogP contribution in [-0.4, -0.2) is 28.8 Å². The van der Waals surface area contributed by atoms with Crippen molar-refractivity contribution < 1.29 is 0 Å². The predicted octanol–water partition coefficient (Wildman–Crippen LogP) is 1.88. The number of hydrogen-bond acceptors (Lipinski definition) is 3. The molecule has 0 N–H and O–H groups in total. The Bertz CT molecular complexity index is 438. The third-order valence-electron chi connectivity index (χ3n) is 2.55. The zero-order chi connectivity index (χ0) is 12.8. The Hall–Kier alpha value is -1.29. The molecule has 0 aliphatic heterocycles. The van der Waals surface area contributed by atoms with Crippen molar-refractivity contribution in [2.24, 2.45) is 0 Å². The third kappa shape index (κ3) is 3.60. The molecule has 0 amide bonds. The highest BCUT2D eigenvalue weighted by Crippen LogP contribution is 2.08. The maximum atomic E-state index is 11.8. The quantitative estimate of drug-likeness (QED) is 0.576. The molecule has 0 aromatic carbocycles. The fourth-order valence-corrected chi connectivity index (χ4v) is 1.64. The summed E-state index contributed by atoms with van der Waals surface area (Å²) >= 11 is 5.63. The van der Waals surface area contributed by atoms with E-state index in [2.05, 4.69) is 16.6 Å². The number of nitrogens with zero attached hydrogens (tertiary/aromatic N) is 3. The zero-order valence-corrected chi connectivity index (χ0v) is 11.1. The van der Waals surface area contributed by atoms with Crippen LogP contribution >= 0.6 is 11.6 Å². The number of anilines is 1. The number of rotatable bonds is 6. The van der Waals surface area contributed by atoms with E-state index in [1.165, 1.54) is 4.68 Å². The van der Waals surface area contributed by atoms with Crippen LogP contribution < -0.4 is 10.5 Å². The van der Waals surface area contributed by atoms with Crippen LogP contribution in [0.25, 0.3) is 0 Å². The van der Waals surface area contributed by atoms with E-state index in [0.29, 0.717) is 12.4 Å². The Morgan fingerprint density at radius 1 is 1.53 bits per heavy atom. The van der Waals surface area contributed by atoms with Crippen LogP contribution in [0.3, 0.4) is 0 Å². The first kappa shape index (κ1) is 13.8. The van der Waals surface area contributed by atoms with Gasteiger partial charge in [-0.15, -0.1) is 11.6 Å². The molecule has 0 radical (unpaired) electrons. The van der Waals surface area contributed by atoms with Crippen molar-refractivity contribution in [2.75, 3.05) is 23.9 Å². The summed E-state index contributed by atoms with van der Waals surface area (Å²) in [5.41, 5.74) is 1.50. The van der Waals surface area contributed by atoms with Gasteiger partial charge in [0.2, 0.25) is 0 Å². The Kier molecular flexibility index (Phi) is 5.22. The average Bonchev–Trinajstić information content (AvgIpc) is 2.33. The molecule has 4 nitrogen and oxygen atoms in total. The molecule has 1 heterocycles. The summed E-state index contributed by atoms with van der Waals surface area (Å²) in [5, 5.41) is 4.13. The lowest BCUT2D eigenvalue weighted by Gasteiger charge is -2.20. The lowest BCUT2D eigenvalue weighted by Crippen LogP contribution is -2.28. The number of alkyl halides is 1. The highest BCUT2D eigenvalue weighted by Gasteiger charge is 2.05. The largest absolute Gasteiger partial charge is 0.371 e. The van der Waals surface area contributed by atoms with Gasteiger partial charge in [-0.1, -0.05) is 6.58 Å². The molecule has 0 saturated heterocycles. The van der Waals surface area contributed by atoms with Crippen molar-refractivity contribution in [1.82, 2.24) is 9.78 Å². The molecule has 0 unspecified atom stereocenters. The monoisotopic (exact) mass is 255 g/mol. The molecule has 0 bridgehead atoms. The summed E-state index contributed by atoms with van der Waals surface area (Å²) in [6.45, 7) is 9.94. The zero-order valence-electron chi connectivity index (χ0n) is 10.3. The van der Waals surface area contributed by atoms with E-state index >= 15 is 0 Å². The smallest absolute Gasteiger partial charge is 0.269 e. The van der Waals surface area contributed by atoms with E-state index in [9.17, 15) is 4.79 Å². The average molecular weight is 256 g/mol. The molecule has 17 heavy (non-hydrogen) atoms. The van der Waals surface area contributed by atoms with E-state index in [0.717, 1.165) is 24.4 Å². The first-order chi connectivity index (χ1) is 8.12. The molecule has 1 rings (SSSR count). The van der Waals surface area contributed by atoms with Crippen LogP contribution in [0, 0.1) is 0 Å². The topological polar surface area (TPSA) is 38.1 Å². The van der Waals surface area contributed by atoms with Crippen molar-refractivity contribution in [2.45, 2.75) is 20.4 Å². The SMILES string of the molecule is C=C(CCl)Cn1ncc(N(CC)CC)cc1=O. The molecule has 0 saturated carbocycles. The van der Waals surface area contributed by atoms with Gasteiger partial charge in [-0.2, -0.15) is 5.10 Å². The second kappa shape index (κ2) is 6.45. The molecular formula is C12H18ClN3O. The standard InChI is InChI=1S/C12H18ClN3O/c1-4-15(5-2)11-6-12(17)16(14-8-11)9-10(3)7-13/h6,8H,3-5,7,9H2,1-2H3. The minimum Gasteiger partial charge on any atom is -0.371 e. The first-order valence-corrected chi connectivity index (χ1v) is 6.20. The highest BCUT2D eigenvalue weighted by atomic mass is 35.5. The lowest BCUT2D eigenvalue weighted by molar-refractivity contribution is 0.630. The van der Waals surface area contributed by atoms with Crippen molar-refractivity contribution in [3.8, 4) is 0 Å². The molecular weight excluding hydrogens is 238 g/mol. The molecule has 0 fully saturated rings. The van der Waals surface area contributed by atoms with Crippen LogP contribution in [-0.2, 0) is 6.54 Å². The summed E-state index contributed by atoms with van der Waals surface area (Å²) < 4.78 is 1.37. The fourth-order valence-electron chi connectivity index (χ4n) is 1.56. The van der Waals surface area contributed by atoms with Crippen molar-refractivity contribution >= 4 is 17.3 Å². The number of hydrogen-bond donors (Lipinski definition) is 0. The summed E-state index contributed by atoms with van der Waals surface area (Å²) in [4.78, 5) is 13.9. The van der Waals surface area contributed by atoms with Gasteiger partial charge in [0.05, 0.1) is 18.4 Å². The molecule has 1 aromatic rings. The molecule has 94 valence electrons. The highest BCUT2D eigenvalue weighted by molar-refractivity contribution is 6.19. The summed E-state index contributed by atoms with van der Waals surface area (Å²) in [5.74, 6) is 0.339. The number of halogens is 1. The van der Waals surface area contributed by atoms with Gasteiger partial charge in [-0.05, 0) is 19.4 Å². The maximum absolute atomic E-state index is 11.8. The Balaban J connectivity index is 2.93.